The Labute approximate surface area is 219 Å². The molecule has 184 valence electrons. The molecule has 2 amide bonds. The summed E-state index contributed by atoms with van der Waals surface area (Å²) in [5, 5.41) is 7.85. The lowest BCUT2D eigenvalue weighted by Crippen LogP contribution is -2.27. The van der Waals surface area contributed by atoms with E-state index in [0.29, 0.717) is 46.4 Å². The number of aryl methyl sites for hydroxylation is 2. The Morgan fingerprint density at radius 3 is 2.58 bits per heavy atom. The maximum Gasteiger partial charge on any atom is 0.272 e. The molecule has 5 rings (SSSR count). The average Bonchev–Trinajstić information content (AvgIpc) is 3.50. The summed E-state index contributed by atoms with van der Waals surface area (Å²) < 4.78 is 6.88. The smallest absolute Gasteiger partial charge is 0.272 e. The van der Waals surface area contributed by atoms with Crippen molar-refractivity contribution in [1.29, 1.82) is 0 Å². The fourth-order valence-corrected chi connectivity index (χ4v) is 5.31. The fraction of sp³-hybridized carbons (Fsp3) is 0.217. The molecule has 5 heterocycles. The van der Waals surface area contributed by atoms with E-state index in [2.05, 4.69) is 25.4 Å². The molecule has 0 fully saturated rings. The summed E-state index contributed by atoms with van der Waals surface area (Å²) in [6, 6.07) is 4.97. The molecule has 0 aliphatic carbocycles. The predicted octanol–water partition coefficient (Wildman–Crippen LogP) is 4.37. The van der Waals surface area contributed by atoms with Crippen LogP contribution in [0.15, 0.2) is 30.6 Å². The lowest BCUT2D eigenvalue weighted by Gasteiger charge is -2.15. The van der Waals surface area contributed by atoms with Crippen molar-refractivity contribution in [3.63, 3.8) is 0 Å². The molecule has 13 heteroatoms. The summed E-state index contributed by atoms with van der Waals surface area (Å²) in [6.07, 6.45) is 3.02. The fourth-order valence-electron chi connectivity index (χ4n) is 3.95. The standard InChI is InChI=1S/C23H19Cl2N7O3S/c1-11-4-12(13-5-19(24)27-8-17(13)35-3)14(7-26-11)21(33)29-23-28-15-9-32(10-18(15)36-23)22(34)16-6-20(25)30-31(16)2/h4-8H,9-10H2,1-3H3,(H,28,29,33). The molecule has 0 saturated carbocycles. The number of amides is 2. The first-order valence-electron chi connectivity index (χ1n) is 10.7. The molecular formula is C23H19Cl2N7O3S. The number of nitrogens with one attached hydrogen (secondary N) is 1. The number of aromatic nitrogens is 5. The number of hydrogen-bond acceptors (Lipinski definition) is 8. The van der Waals surface area contributed by atoms with E-state index in [4.69, 9.17) is 27.9 Å². The average molecular weight is 544 g/mol. The van der Waals surface area contributed by atoms with E-state index in [-0.39, 0.29) is 22.1 Å². The molecule has 0 bridgehead atoms. The third-order valence-corrected chi connectivity index (χ3v) is 7.05. The first-order chi connectivity index (χ1) is 17.2. The van der Waals surface area contributed by atoms with Crippen molar-refractivity contribution in [1.82, 2.24) is 29.6 Å². The minimum absolute atomic E-state index is 0.187. The number of nitrogens with zero attached hydrogens (tertiary/aromatic N) is 6. The summed E-state index contributed by atoms with van der Waals surface area (Å²) >= 11 is 13.4. The second-order valence-corrected chi connectivity index (χ2v) is 9.92. The van der Waals surface area contributed by atoms with Gasteiger partial charge in [0.1, 0.15) is 16.6 Å². The zero-order chi connectivity index (χ0) is 25.6. The Bertz CT molecular complexity index is 1490. The minimum Gasteiger partial charge on any atom is -0.494 e. The predicted molar refractivity (Wildman–Crippen MR) is 136 cm³/mol. The zero-order valence-electron chi connectivity index (χ0n) is 19.4. The van der Waals surface area contributed by atoms with Gasteiger partial charge in [0.15, 0.2) is 10.3 Å². The van der Waals surface area contributed by atoms with E-state index < -0.39 is 0 Å². The van der Waals surface area contributed by atoms with Crippen LogP contribution >= 0.6 is 34.5 Å². The number of hydrogen-bond donors (Lipinski definition) is 1. The molecule has 0 unspecified atom stereocenters. The number of anilines is 1. The van der Waals surface area contributed by atoms with Gasteiger partial charge in [-0.2, -0.15) is 5.10 Å². The molecule has 0 atom stereocenters. The van der Waals surface area contributed by atoms with Gasteiger partial charge in [-0.1, -0.05) is 34.5 Å². The van der Waals surface area contributed by atoms with Gasteiger partial charge in [0.25, 0.3) is 11.8 Å². The topological polar surface area (TPSA) is 115 Å². The lowest BCUT2D eigenvalue weighted by molar-refractivity contribution is 0.0739. The van der Waals surface area contributed by atoms with Gasteiger partial charge in [-0.05, 0) is 19.1 Å². The number of pyridine rings is 2. The molecule has 36 heavy (non-hydrogen) atoms. The van der Waals surface area contributed by atoms with E-state index in [1.54, 1.807) is 24.1 Å². The summed E-state index contributed by atoms with van der Waals surface area (Å²) in [5.74, 6) is -0.0860. The van der Waals surface area contributed by atoms with E-state index >= 15 is 0 Å². The maximum absolute atomic E-state index is 13.3. The second kappa shape index (κ2) is 9.49. The van der Waals surface area contributed by atoms with Crippen molar-refractivity contribution < 1.29 is 14.3 Å². The Hall–Kier alpha value is -3.54. The summed E-state index contributed by atoms with van der Waals surface area (Å²) in [6.45, 7) is 2.54. The number of halogens is 2. The van der Waals surface area contributed by atoms with E-state index in [9.17, 15) is 9.59 Å². The highest BCUT2D eigenvalue weighted by Gasteiger charge is 2.30. The Morgan fingerprint density at radius 1 is 1.08 bits per heavy atom. The van der Waals surface area contributed by atoms with Crippen LogP contribution in [0.4, 0.5) is 5.13 Å². The number of methoxy groups -OCH3 is 1. The van der Waals surface area contributed by atoms with Crippen molar-refractivity contribution >= 4 is 51.5 Å². The van der Waals surface area contributed by atoms with Crippen LogP contribution in [0.25, 0.3) is 11.1 Å². The Morgan fingerprint density at radius 2 is 1.89 bits per heavy atom. The molecule has 1 aliphatic rings. The van der Waals surface area contributed by atoms with Crippen LogP contribution in [0, 0.1) is 6.92 Å². The molecule has 4 aromatic rings. The molecule has 10 nitrogen and oxygen atoms in total. The molecule has 0 spiro atoms. The number of ether oxygens (including phenoxy) is 1. The quantitative estimate of drug-likeness (QED) is 0.371. The number of thiazole rings is 1. The molecule has 0 aromatic carbocycles. The monoisotopic (exact) mass is 543 g/mol. The van der Waals surface area contributed by atoms with Crippen LogP contribution in [0.2, 0.25) is 10.3 Å². The van der Waals surface area contributed by atoms with E-state index in [1.807, 2.05) is 6.92 Å². The molecule has 0 saturated heterocycles. The number of fused-ring (bicyclic) bond motifs is 1. The Balaban J connectivity index is 1.36. The van der Waals surface area contributed by atoms with Crippen molar-refractivity contribution in [2.45, 2.75) is 20.0 Å². The summed E-state index contributed by atoms with van der Waals surface area (Å²) in [4.78, 5) is 41.6. The third kappa shape index (κ3) is 4.52. The molecule has 1 N–H and O–H groups in total. The van der Waals surface area contributed by atoms with Crippen molar-refractivity contribution in [3.8, 4) is 16.9 Å². The van der Waals surface area contributed by atoms with Crippen LogP contribution in [-0.4, -0.2) is 48.6 Å². The highest BCUT2D eigenvalue weighted by molar-refractivity contribution is 7.16. The third-order valence-electron chi connectivity index (χ3n) is 5.66. The van der Waals surface area contributed by atoms with Crippen LogP contribution in [0.5, 0.6) is 5.75 Å². The van der Waals surface area contributed by atoms with Gasteiger partial charge in [-0.25, -0.2) is 9.97 Å². The number of carbonyl (C=O) groups is 2. The second-order valence-electron chi connectivity index (χ2n) is 8.06. The summed E-state index contributed by atoms with van der Waals surface area (Å²) in [5.41, 5.74) is 3.43. The van der Waals surface area contributed by atoms with Gasteiger partial charge in [0.2, 0.25) is 0 Å². The Kier molecular flexibility index (Phi) is 6.37. The van der Waals surface area contributed by atoms with Gasteiger partial charge < -0.3 is 9.64 Å². The summed E-state index contributed by atoms with van der Waals surface area (Å²) in [7, 11) is 3.19. The van der Waals surface area contributed by atoms with Gasteiger partial charge in [-0.15, -0.1) is 0 Å². The van der Waals surface area contributed by atoms with E-state index in [1.165, 1.54) is 41.6 Å². The van der Waals surface area contributed by atoms with E-state index in [0.717, 1.165) is 16.3 Å². The highest BCUT2D eigenvalue weighted by Crippen LogP contribution is 2.35. The molecular weight excluding hydrogens is 525 g/mol. The largest absolute Gasteiger partial charge is 0.494 e. The molecule has 1 aliphatic heterocycles. The van der Waals surface area contributed by atoms with Crippen LogP contribution in [0.1, 0.15) is 37.1 Å². The van der Waals surface area contributed by atoms with Crippen molar-refractivity contribution in [3.05, 3.63) is 68.4 Å². The first-order valence-corrected chi connectivity index (χ1v) is 12.3. The number of carbonyl (C=O) groups excluding carboxylic acids is 2. The van der Waals surface area contributed by atoms with Crippen LogP contribution < -0.4 is 10.1 Å². The van der Waals surface area contributed by atoms with Gasteiger partial charge >= 0.3 is 0 Å². The highest BCUT2D eigenvalue weighted by atomic mass is 35.5. The first kappa shape index (κ1) is 24.2. The van der Waals surface area contributed by atoms with Crippen LogP contribution in [0.3, 0.4) is 0 Å². The van der Waals surface area contributed by atoms with Crippen molar-refractivity contribution in [2.75, 3.05) is 12.4 Å². The number of rotatable bonds is 5. The molecule has 0 radical (unpaired) electrons. The van der Waals surface area contributed by atoms with Crippen molar-refractivity contribution in [2.24, 2.45) is 7.05 Å². The minimum atomic E-state index is -0.377. The lowest BCUT2D eigenvalue weighted by atomic mass is 10.0. The SMILES string of the molecule is COc1cnc(Cl)cc1-c1cc(C)ncc1C(=O)Nc1nc2c(s1)CN(C(=O)c1cc(Cl)nn1C)C2. The van der Waals surface area contributed by atoms with Gasteiger partial charge in [0.05, 0.1) is 42.5 Å². The normalized spacial score (nSPS) is 12.5. The molecule has 4 aromatic heterocycles. The maximum atomic E-state index is 13.3. The van der Waals surface area contributed by atoms with Gasteiger partial charge in [0, 0.05) is 36.1 Å². The van der Waals surface area contributed by atoms with Gasteiger partial charge in [-0.3, -0.25) is 24.6 Å². The zero-order valence-corrected chi connectivity index (χ0v) is 21.7. The van der Waals surface area contributed by atoms with Crippen LogP contribution in [-0.2, 0) is 20.1 Å².